The highest BCUT2D eigenvalue weighted by Crippen LogP contribution is 1.96. The molecule has 0 aliphatic heterocycles. The van der Waals surface area contributed by atoms with E-state index in [2.05, 4.69) is 23.4 Å². The van der Waals surface area contributed by atoms with Crippen LogP contribution < -0.4 is 0 Å². The standard InChI is InChI=1S/C7H12N2.C2H6/c1-7(2)5-9-4-3-8-6-9;1-2/h3-4,6-7H,5H2,1-2H3;1-2H3. The van der Waals surface area contributed by atoms with Gasteiger partial charge in [-0.25, -0.2) is 4.98 Å². The molecule has 0 saturated carbocycles. The van der Waals surface area contributed by atoms with Crippen LogP contribution in [0.3, 0.4) is 0 Å². The smallest absolute Gasteiger partial charge is 0.0945 e. The molecule has 1 aromatic rings. The molecule has 2 heteroatoms. The fraction of sp³-hybridized carbons (Fsp3) is 0.667. The van der Waals surface area contributed by atoms with E-state index in [1.54, 1.807) is 0 Å². The number of rotatable bonds is 2. The first-order valence-corrected chi connectivity index (χ1v) is 4.25. The summed E-state index contributed by atoms with van der Waals surface area (Å²) in [6.45, 7) is 9.46. The molecule has 0 spiro atoms. The maximum atomic E-state index is 3.94. The molecule has 11 heavy (non-hydrogen) atoms. The third-order valence-electron chi connectivity index (χ3n) is 1.14. The molecule has 0 aliphatic carbocycles. The zero-order valence-corrected chi connectivity index (χ0v) is 7.91. The van der Waals surface area contributed by atoms with Crippen LogP contribution in [0.4, 0.5) is 0 Å². The van der Waals surface area contributed by atoms with Gasteiger partial charge in [0.1, 0.15) is 0 Å². The van der Waals surface area contributed by atoms with E-state index in [9.17, 15) is 0 Å². The number of hydrogen-bond donors (Lipinski definition) is 0. The Balaban J connectivity index is 0.000000461. The molecule has 64 valence electrons. The maximum Gasteiger partial charge on any atom is 0.0945 e. The highest BCUT2D eigenvalue weighted by Gasteiger charge is 1.92. The minimum atomic E-state index is 0.708. The van der Waals surface area contributed by atoms with Gasteiger partial charge in [-0.3, -0.25) is 0 Å². The van der Waals surface area contributed by atoms with Crippen LogP contribution in [0.2, 0.25) is 0 Å². The molecule has 1 rings (SSSR count). The lowest BCUT2D eigenvalue weighted by Crippen LogP contribution is -2.00. The first kappa shape index (κ1) is 10.2. The molecule has 0 atom stereocenters. The summed E-state index contributed by atoms with van der Waals surface area (Å²) < 4.78 is 2.09. The summed E-state index contributed by atoms with van der Waals surface area (Å²) in [5.41, 5.74) is 0. The summed E-state index contributed by atoms with van der Waals surface area (Å²) in [6.07, 6.45) is 5.64. The molecule has 2 nitrogen and oxygen atoms in total. The van der Waals surface area contributed by atoms with Crippen molar-refractivity contribution in [1.29, 1.82) is 0 Å². The molecule has 0 aromatic carbocycles. The fourth-order valence-corrected chi connectivity index (χ4v) is 0.816. The van der Waals surface area contributed by atoms with E-state index in [-0.39, 0.29) is 0 Å². The van der Waals surface area contributed by atoms with Crippen LogP contribution in [0.15, 0.2) is 18.7 Å². The van der Waals surface area contributed by atoms with Crippen molar-refractivity contribution in [2.24, 2.45) is 5.92 Å². The van der Waals surface area contributed by atoms with E-state index in [0.29, 0.717) is 5.92 Å². The van der Waals surface area contributed by atoms with Crippen molar-refractivity contribution >= 4 is 0 Å². The third-order valence-corrected chi connectivity index (χ3v) is 1.14. The first-order chi connectivity index (χ1) is 5.29. The monoisotopic (exact) mass is 154 g/mol. The summed E-state index contributed by atoms with van der Waals surface area (Å²) in [5, 5.41) is 0. The number of nitrogens with zero attached hydrogens (tertiary/aromatic N) is 2. The van der Waals surface area contributed by atoms with Gasteiger partial charge in [-0.1, -0.05) is 27.7 Å². The minimum Gasteiger partial charge on any atom is -0.337 e. The Morgan fingerprint density at radius 2 is 2.00 bits per heavy atom. The van der Waals surface area contributed by atoms with E-state index in [0.717, 1.165) is 6.54 Å². The second kappa shape index (κ2) is 5.96. The van der Waals surface area contributed by atoms with Gasteiger partial charge in [-0.15, -0.1) is 0 Å². The van der Waals surface area contributed by atoms with Crippen LogP contribution in [-0.4, -0.2) is 9.55 Å². The Morgan fingerprint density at radius 3 is 2.36 bits per heavy atom. The largest absolute Gasteiger partial charge is 0.337 e. The fourth-order valence-electron chi connectivity index (χ4n) is 0.816. The van der Waals surface area contributed by atoms with Crippen LogP contribution in [0.25, 0.3) is 0 Å². The minimum absolute atomic E-state index is 0.708. The van der Waals surface area contributed by atoms with Crippen LogP contribution >= 0.6 is 0 Å². The van der Waals surface area contributed by atoms with Crippen molar-refractivity contribution < 1.29 is 0 Å². The van der Waals surface area contributed by atoms with Crippen molar-refractivity contribution in [2.45, 2.75) is 34.2 Å². The summed E-state index contributed by atoms with van der Waals surface area (Å²) in [7, 11) is 0. The van der Waals surface area contributed by atoms with Gasteiger partial charge in [-0.05, 0) is 5.92 Å². The molecular weight excluding hydrogens is 136 g/mol. The van der Waals surface area contributed by atoms with Gasteiger partial charge in [0.2, 0.25) is 0 Å². The SMILES string of the molecule is CC.CC(C)Cn1ccnc1. The summed E-state index contributed by atoms with van der Waals surface area (Å²) in [5.74, 6) is 0.708. The number of hydrogen-bond acceptors (Lipinski definition) is 1. The van der Waals surface area contributed by atoms with E-state index >= 15 is 0 Å². The number of imidazole rings is 1. The molecule has 0 saturated heterocycles. The van der Waals surface area contributed by atoms with Gasteiger partial charge in [-0.2, -0.15) is 0 Å². The third kappa shape index (κ3) is 4.59. The second-order valence-corrected chi connectivity index (χ2v) is 2.65. The Bertz CT molecular complexity index is 154. The van der Waals surface area contributed by atoms with E-state index in [4.69, 9.17) is 0 Å². The van der Waals surface area contributed by atoms with Gasteiger partial charge >= 0.3 is 0 Å². The zero-order chi connectivity index (χ0) is 8.69. The van der Waals surface area contributed by atoms with E-state index in [1.807, 2.05) is 32.6 Å². The Morgan fingerprint density at radius 1 is 1.36 bits per heavy atom. The topological polar surface area (TPSA) is 17.8 Å². The maximum absolute atomic E-state index is 3.94. The van der Waals surface area contributed by atoms with Gasteiger partial charge in [0.05, 0.1) is 6.33 Å². The number of aromatic nitrogens is 2. The molecule has 0 bridgehead atoms. The van der Waals surface area contributed by atoms with Gasteiger partial charge in [0.15, 0.2) is 0 Å². The Kier molecular flexibility index (Phi) is 5.53. The predicted octanol–water partition coefficient (Wildman–Crippen LogP) is 2.57. The molecule has 0 N–H and O–H groups in total. The predicted molar refractivity (Wildman–Crippen MR) is 48.4 cm³/mol. The van der Waals surface area contributed by atoms with Crippen LogP contribution in [-0.2, 0) is 6.54 Å². The van der Waals surface area contributed by atoms with E-state index in [1.165, 1.54) is 0 Å². The lowest BCUT2D eigenvalue weighted by molar-refractivity contribution is 0.523. The highest BCUT2D eigenvalue weighted by molar-refractivity contribution is 4.74. The van der Waals surface area contributed by atoms with E-state index < -0.39 is 0 Å². The Labute approximate surface area is 69.3 Å². The van der Waals surface area contributed by atoms with Crippen molar-refractivity contribution in [3.8, 4) is 0 Å². The van der Waals surface area contributed by atoms with Crippen molar-refractivity contribution in [3.05, 3.63) is 18.7 Å². The average Bonchev–Trinajstić information content (AvgIpc) is 2.43. The molecule has 1 aromatic heterocycles. The normalized spacial score (nSPS) is 9.18. The lowest BCUT2D eigenvalue weighted by Gasteiger charge is -2.03. The van der Waals surface area contributed by atoms with Crippen LogP contribution in [0, 0.1) is 5.92 Å². The molecule has 0 amide bonds. The summed E-state index contributed by atoms with van der Waals surface area (Å²) >= 11 is 0. The van der Waals surface area contributed by atoms with Crippen molar-refractivity contribution in [2.75, 3.05) is 0 Å². The summed E-state index contributed by atoms with van der Waals surface area (Å²) in [4.78, 5) is 3.94. The lowest BCUT2D eigenvalue weighted by atomic mass is 10.2. The Hall–Kier alpha value is -0.790. The molecule has 0 aliphatic rings. The zero-order valence-electron chi connectivity index (χ0n) is 7.91. The molecule has 0 fully saturated rings. The average molecular weight is 154 g/mol. The van der Waals surface area contributed by atoms with Crippen molar-refractivity contribution in [3.63, 3.8) is 0 Å². The quantitative estimate of drug-likeness (QED) is 0.640. The highest BCUT2D eigenvalue weighted by atomic mass is 15.0. The molecule has 0 radical (unpaired) electrons. The molecule has 0 unspecified atom stereocenters. The second-order valence-electron chi connectivity index (χ2n) is 2.65. The van der Waals surface area contributed by atoms with Gasteiger partial charge < -0.3 is 4.57 Å². The van der Waals surface area contributed by atoms with Crippen LogP contribution in [0.1, 0.15) is 27.7 Å². The van der Waals surface area contributed by atoms with Gasteiger partial charge in [0, 0.05) is 18.9 Å². The van der Waals surface area contributed by atoms with Crippen molar-refractivity contribution in [1.82, 2.24) is 9.55 Å². The first-order valence-electron chi connectivity index (χ1n) is 4.25. The van der Waals surface area contributed by atoms with Gasteiger partial charge in [0.25, 0.3) is 0 Å². The molecule has 1 heterocycles. The van der Waals surface area contributed by atoms with Crippen LogP contribution in [0.5, 0.6) is 0 Å². The summed E-state index contributed by atoms with van der Waals surface area (Å²) in [6, 6.07) is 0. The molecular formula is C9H18N2.